The molecule has 0 saturated carbocycles. The van der Waals surface area contributed by atoms with Gasteiger partial charge < -0.3 is 25.2 Å². The number of hydrogen-bond donors (Lipinski definition) is 3. The standard InChI is InChI=1S/C26H32N6O5/c1-26(2,3)37-25(35)32(16-23(34)36-4)13-12-27-22-9-8-19(15-29-22)21-10-11-28-24(31-21)30-20-7-5-6-18(14-20)17-33/h5-11,14-15,33H,12-13,16-17H2,1-4H3,(H,27,29)(H,28,30,31). The first-order valence-electron chi connectivity index (χ1n) is 11.7. The highest BCUT2D eigenvalue weighted by atomic mass is 16.6. The van der Waals surface area contributed by atoms with Crippen molar-refractivity contribution in [2.75, 3.05) is 37.4 Å². The first-order chi connectivity index (χ1) is 17.7. The van der Waals surface area contributed by atoms with Crippen LogP contribution >= 0.6 is 0 Å². The van der Waals surface area contributed by atoms with Crippen LogP contribution in [0.1, 0.15) is 26.3 Å². The number of ether oxygens (including phenoxy) is 2. The summed E-state index contributed by atoms with van der Waals surface area (Å²) in [7, 11) is 1.27. The molecule has 3 aromatic rings. The molecule has 1 aromatic carbocycles. The van der Waals surface area contributed by atoms with E-state index in [2.05, 4.69) is 30.3 Å². The van der Waals surface area contributed by atoms with Crippen LogP contribution < -0.4 is 10.6 Å². The fraction of sp³-hybridized carbons (Fsp3) is 0.346. The maximum absolute atomic E-state index is 12.5. The van der Waals surface area contributed by atoms with Crippen LogP contribution in [0.25, 0.3) is 11.3 Å². The van der Waals surface area contributed by atoms with Gasteiger partial charge in [-0.3, -0.25) is 9.69 Å². The number of amides is 1. The number of esters is 1. The minimum atomic E-state index is -0.684. The topological polar surface area (TPSA) is 139 Å². The molecule has 37 heavy (non-hydrogen) atoms. The lowest BCUT2D eigenvalue weighted by atomic mass is 10.2. The van der Waals surface area contributed by atoms with Crippen molar-refractivity contribution in [2.24, 2.45) is 0 Å². The smallest absolute Gasteiger partial charge is 0.410 e. The molecule has 0 unspecified atom stereocenters. The summed E-state index contributed by atoms with van der Waals surface area (Å²) in [6.45, 7) is 5.58. The Hall–Kier alpha value is -4.25. The van der Waals surface area contributed by atoms with Gasteiger partial charge in [-0.1, -0.05) is 12.1 Å². The van der Waals surface area contributed by atoms with Gasteiger partial charge in [-0.2, -0.15) is 0 Å². The maximum Gasteiger partial charge on any atom is 0.410 e. The second kappa shape index (κ2) is 12.6. The Kier molecular flexibility index (Phi) is 9.33. The average molecular weight is 509 g/mol. The second-order valence-corrected chi connectivity index (χ2v) is 9.09. The third kappa shape index (κ3) is 8.73. The number of carbonyl (C=O) groups is 2. The predicted octanol–water partition coefficient (Wildman–Crippen LogP) is 3.60. The Labute approximate surface area is 215 Å². The zero-order valence-corrected chi connectivity index (χ0v) is 21.4. The van der Waals surface area contributed by atoms with Crippen molar-refractivity contribution in [3.8, 4) is 11.3 Å². The fourth-order valence-corrected chi connectivity index (χ4v) is 3.21. The molecule has 2 aromatic heterocycles. The van der Waals surface area contributed by atoms with E-state index in [1.165, 1.54) is 12.0 Å². The summed E-state index contributed by atoms with van der Waals surface area (Å²) in [6, 6.07) is 12.8. The lowest BCUT2D eigenvalue weighted by Crippen LogP contribution is -2.42. The Balaban J connectivity index is 1.60. The number of nitrogens with zero attached hydrogens (tertiary/aromatic N) is 4. The average Bonchev–Trinajstić information content (AvgIpc) is 2.87. The summed E-state index contributed by atoms with van der Waals surface area (Å²) in [5, 5.41) is 15.6. The van der Waals surface area contributed by atoms with E-state index in [0.717, 1.165) is 16.8 Å². The lowest BCUT2D eigenvalue weighted by molar-refractivity contribution is -0.141. The number of aliphatic hydroxyl groups is 1. The Bertz CT molecular complexity index is 1200. The van der Waals surface area contributed by atoms with Gasteiger partial charge in [-0.15, -0.1) is 0 Å². The highest BCUT2D eigenvalue weighted by Crippen LogP contribution is 2.20. The number of benzene rings is 1. The monoisotopic (exact) mass is 508 g/mol. The number of aromatic nitrogens is 3. The molecule has 11 nitrogen and oxygen atoms in total. The minimum absolute atomic E-state index is 0.0488. The van der Waals surface area contributed by atoms with Crippen molar-refractivity contribution in [1.82, 2.24) is 19.9 Å². The number of aliphatic hydroxyl groups excluding tert-OH is 1. The van der Waals surface area contributed by atoms with Crippen molar-refractivity contribution in [1.29, 1.82) is 0 Å². The molecule has 0 aliphatic heterocycles. The molecular weight excluding hydrogens is 476 g/mol. The Morgan fingerprint density at radius 1 is 1.11 bits per heavy atom. The van der Waals surface area contributed by atoms with E-state index in [9.17, 15) is 14.7 Å². The summed E-state index contributed by atoms with van der Waals surface area (Å²) in [5.41, 5.74) is 2.35. The van der Waals surface area contributed by atoms with E-state index in [1.54, 1.807) is 45.3 Å². The van der Waals surface area contributed by atoms with Crippen LogP contribution in [0.3, 0.4) is 0 Å². The van der Waals surface area contributed by atoms with E-state index in [4.69, 9.17) is 4.74 Å². The first kappa shape index (κ1) is 27.3. The number of carbonyl (C=O) groups excluding carboxylic acids is 2. The van der Waals surface area contributed by atoms with Crippen molar-refractivity contribution in [3.63, 3.8) is 0 Å². The summed E-state index contributed by atoms with van der Waals surface area (Å²) in [6.07, 6.45) is 2.74. The van der Waals surface area contributed by atoms with E-state index < -0.39 is 17.7 Å². The molecule has 0 saturated heterocycles. The van der Waals surface area contributed by atoms with Gasteiger partial charge in [-0.25, -0.2) is 19.7 Å². The van der Waals surface area contributed by atoms with Crippen molar-refractivity contribution in [2.45, 2.75) is 33.0 Å². The number of rotatable bonds is 10. The third-order valence-electron chi connectivity index (χ3n) is 4.97. The van der Waals surface area contributed by atoms with Crippen LogP contribution in [0, 0.1) is 0 Å². The SMILES string of the molecule is COC(=O)CN(CCNc1ccc(-c2ccnc(Nc3cccc(CO)c3)n2)cn1)C(=O)OC(C)(C)C. The predicted molar refractivity (Wildman–Crippen MR) is 139 cm³/mol. The fourth-order valence-electron chi connectivity index (χ4n) is 3.21. The van der Waals surface area contributed by atoms with Gasteiger partial charge in [0.1, 0.15) is 18.0 Å². The number of hydrogen-bond acceptors (Lipinski definition) is 10. The molecule has 0 fully saturated rings. The van der Waals surface area contributed by atoms with Gasteiger partial charge in [0.05, 0.1) is 19.4 Å². The summed E-state index contributed by atoms with van der Waals surface area (Å²) in [4.78, 5) is 38.7. The molecule has 0 aliphatic carbocycles. The lowest BCUT2D eigenvalue weighted by Gasteiger charge is -2.26. The summed E-state index contributed by atoms with van der Waals surface area (Å²) >= 11 is 0. The largest absolute Gasteiger partial charge is 0.468 e. The Morgan fingerprint density at radius 3 is 2.59 bits per heavy atom. The quantitative estimate of drug-likeness (QED) is 0.348. The summed E-state index contributed by atoms with van der Waals surface area (Å²) in [5.74, 6) is 0.481. The molecule has 0 bridgehead atoms. The molecule has 3 rings (SSSR count). The van der Waals surface area contributed by atoms with Gasteiger partial charge in [0.15, 0.2) is 0 Å². The molecule has 1 amide bonds. The molecule has 2 heterocycles. The normalized spacial score (nSPS) is 10.9. The van der Waals surface area contributed by atoms with Crippen LogP contribution in [0.15, 0.2) is 54.9 Å². The summed E-state index contributed by atoms with van der Waals surface area (Å²) < 4.78 is 10.1. The van der Waals surface area contributed by atoms with Crippen molar-refractivity contribution < 1.29 is 24.2 Å². The number of nitrogens with one attached hydrogen (secondary N) is 2. The van der Waals surface area contributed by atoms with Gasteiger partial charge in [0.25, 0.3) is 0 Å². The molecule has 11 heteroatoms. The van der Waals surface area contributed by atoms with Crippen LogP contribution in [-0.4, -0.2) is 69.4 Å². The van der Waals surface area contributed by atoms with Crippen LogP contribution in [0.5, 0.6) is 0 Å². The van der Waals surface area contributed by atoms with Crippen LogP contribution in [-0.2, 0) is 20.9 Å². The molecule has 0 spiro atoms. The van der Waals surface area contributed by atoms with Crippen molar-refractivity contribution >= 4 is 29.5 Å². The van der Waals surface area contributed by atoms with Gasteiger partial charge in [0.2, 0.25) is 5.95 Å². The molecule has 0 atom stereocenters. The zero-order valence-electron chi connectivity index (χ0n) is 21.4. The first-order valence-corrected chi connectivity index (χ1v) is 11.7. The molecule has 0 aliphatic rings. The highest BCUT2D eigenvalue weighted by Gasteiger charge is 2.24. The van der Waals surface area contributed by atoms with E-state index in [0.29, 0.717) is 24.0 Å². The van der Waals surface area contributed by atoms with Crippen LogP contribution in [0.2, 0.25) is 0 Å². The molecular formula is C26H32N6O5. The van der Waals surface area contributed by atoms with Gasteiger partial charge in [-0.05, 0) is 56.7 Å². The van der Waals surface area contributed by atoms with Crippen LogP contribution in [0.4, 0.5) is 22.2 Å². The van der Waals surface area contributed by atoms with Gasteiger partial charge in [0, 0.05) is 36.7 Å². The zero-order chi connectivity index (χ0) is 26.8. The van der Waals surface area contributed by atoms with Crippen molar-refractivity contribution in [3.05, 3.63) is 60.4 Å². The number of anilines is 3. The number of pyridine rings is 1. The van der Waals surface area contributed by atoms with E-state index in [1.807, 2.05) is 30.3 Å². The Morgan fingerprint density at radius 2 is 1.92 bits per heavy atom. The van der Waals surface area contributed by atoms with Gasteiger partial charge >= 0.3 is 12.1 Å². The molecule has 3 N–H and O–H groups in total. The second-order valence-electron chi connectivity index (χ2n) is 9.09. The van der Waals surface area contributed by atoms with E-state index in [-0.39, 0.29) is 19.7 Å². The van der Waals surface area contributed by atoms with E-state index >= 15 is 0 Å². The number of methoxy groups -OCH3 is 1. The molecule has 196 valence electrons. The minimum Gasteiger partial charge on any atom is -0.468 e. The highest BCUT2D eigenvalue weighted by molar-refractivity contribution is 5.78. The third-order valence-corrected chi connectivity index (χ3v) is 4.97. The maximum atomic E-state index is 12.5. The molecule has 0 radical (unpaired) electrons.